The van der Waals surface area contributed by atoms with E-state index < -0.39 is 0 Å². The average Bonchev–Trinajstić information content (AvgIpc) is 2.43. The number of anilines is 2. The first-order valence-electron chi connectivity index (χ1n) is 6.84. The standard InChI is InChI=1S/C15H21N5/c1-5-16-14-11(3)15(20-12(4)19-14)18-9-13-7-6-10(2)17-8-13/h6-8H,5,9H2,1-4H3,(H2,16,18,19,20). The Kier molecular flexibility index (Phi) is 4.50. The fourth-order valence-corrected chi connectivity index (χ4v) is 1.93. The van der Waals surface area contributed by atoms with Crippen LogP contribution in [0.5, 0.6) is 0 Å². The molecule has 0 unspecified atom stereocenters. The van der Waals surface area contributed by atoms with Crippen LogP contribution in [-0.4, -0.2) is 21.5 Å². The molecule has 5 nitrogen and oxygen atoms in total. The van der Waals surface area contributed by atoms with Gasteiger partial charge in [-0.15, -0.1) is 0 Å². The van der Waals surface area contributed by atoms with Crippen molar-refractivity contribution < 1.29 is 0 Å². The highest BCUT2D eigenvalue weighted by Gasteiger charge is 2.08. The summed E-state index contributed by atoms with van der Waals surface area (Å²) in [6.07, 6.45) is 1.89. The normalized spacial score (nSPS) is 10.4. The first kappa shape index (κ1) is 14.2. The molecule has 0 spiro atoms. The van der Waals surface area contributed by atoms with E-state index in [4.69, 9.17) is 0 Å². The molecular weight excluding hydrogens is 250 g/mol. The van der Waals surface area contributed by atoms with Crippen LogP contribution in [0.25, 0.3) is 0 Å². The molecule has 2 heterocycles. The zero-order chi connectivity index (χ0) is 14.5. The summed E-state index contributed by atoms with van der Waals surface area (Å²) < 4.78 is 0. The summed E-state index contributed by atoms with van der Waals surface area (Å²) in [4.78, 5) is 13.2. The van der Waals surface area contributed by atoms with Gasteiger partial charge in [0.15, 0.2) is 0 Å². The molecule has 0 aliphatic carbocycles. The van der Waals surface area contributed by atoms with Gasteiger partial charge in [-0.2, -0.15) is 0 Å². The highest BCUT2D eigenvalue weighted by Crippen LogP contribution is 2.20. The van der Waals surface area contributed by atoms with Crippen LogP contribution in [0.4, 0.5) is 11.6 Å². The lowest BCUT2D eigenvalue weighted by Crippen LogP contribution is -2.10. The molecule has 0 aromatic carbocycles. The Labute approximate surface area is 119 Å². The Morgan fingerprint density at radius 3 is 2.30 bits per heavy atom. The highest BCUT2D eigenvalue weighted by atomic mass is 15.1. The van der Waals surface area contributed by atoms with Gasteiger partial charge in [0.2, 0.25) is 0 Å². The van der Waals surface area contributed by atoms with E-state index in [0.29, 0.717) is 6.54 Å². The van der Waals surface area contributed by atoms with Crippen molar-refractivity contribution in [1.29, 1.82) is 0 Å². The van der Waals surface area contributed by atoms with E-state index >= 15 is 0 Å². The molecule has 2 N–H and O–H groups in total. The molecule has 2 rings (SSSR count). The highest BCUT2D eigenvalue weighted by molar-refractivity contribution is 5.57. The summed E-state index contributed by atoms with van der Waals surface area (Å²) >= 11 is 0. The smallest absolute Gasteiger partial charge is 0.135 e. The second-order valence-electron chi connectivity index (χ2n) is 4.78. The summed E-state index contributed by atoms with van der Waals surface area (Å²) in [5, 5.41) is 6.62. The molecule has 0 atom stereocenters. The molecule has 20 heavy (non-hydrogen) atoms. The lowest BCUT2D eigenvalue weighted by atomic mass is 10.2. The number of hydrogen-bond donors (Lipinski definition) is 2. The van der Waals surface area contributed by atoms with Crippen LogP contribution in [-0.2, 0) is 6.54 Å². The minimum atomic E-state index is 0.705. The quantitative estimate of drug-likeness (QED) is 0.875. The lowest BCUT2D eigenvalue weighted by molar-refractivity contribution is 0.988. The molecular formula is C15H21N5. The molecule has 0 aliphatic heterocycles. The van der Waals surface area contributed by atoms with Gasteiger partial charge in [0.1, 0.15) is 17.5 Å². The van der Waals surface area contributed by atoms with Crippen molar-refractivity contribution in [3.05, 3.63) is 41.0 Å². The molecule has 0 aliphatic rings. The summed E-state index contributed by atoms with van der Waals surface area (Å²) in [5.41, 5.74) is 3.20. The fourth-order valence-electron chi connectivity index (χ4n) is 1.93. The van der Waals surface area contributed by atoms with Crippen molar-refractivity contribution >= 4 is 11.6 Å². The van der Waals surface area contributed by atoms with E-state index in [2.05, 4.69) is 38.6 Å². The van der Waals surface area contributed by atoms with Crippen molar-refractivity contribution in [2.45, 2.75) is 34.2 Å². The van der Waals surface area contributed by atoms with E-state index in [1.54, 1.807) is 0 Å². The van der Waals surface area contributed by atoms with E-state index in [-0.39, 0.29) is 0 Å². The third-order valence-corrected chi connectivity index (χ3v) is 3.03. The first-order valence-corrected chi connectivity index (χ1v) is 6.84. The van der Waals surface area contributed by atoms with Crippen LogP contribution in [0.3, 0.4) is 0 Å². The van der Waals surface area contributed by atoms with E-state index in [0.717, 1.165) is 40.8 Å². The summed E-state index contributed by atoms with van der Waals surface area (Å²) in [5.74, 6) is 2.52. The van der Waals surface area contributed by atoms with Gasteiger partial charge in [0.05, 0.1) is 0 Å². The fraction of sp³-hybridized carbons (Fsp3) is 0.400. The Bertz CT molecular complexity index is 578. The number of nitrogens with zero attached hydrogens (tertiary/aromatic N) is 3. The Morgan fingerprint density at radius 1 is 1.00 bits per heavy atom. The lowest BCUT2D eigenvalue weighted by Gasteiger charge is -2.13. The monoisotopic (exact) mass is 271 g/mol. The summed E-state index contributed by atoms with van der Waals surface area (Å²) in [7, 11) is 0. The van der Waals surface area contributed by atoms with Crippen molar-refractivity contribution in [2.24, 2.45) is 0 Å². The molecule has 0 amide bonds. The van der Waals surface area contributed by atoms with E-state index in [1.165, 1.54) is 0 Å². The molecule has 2 aromatic heterocycles. The molecule has 106 valence electrons. The van der Waals surface area contributed by atoms with Gasteiger partial charge in [-0.1, -0.05) is 6.07 Å². The Balaban J connectivity index is 2.14. The molecule has 0 bridgehead atoms. The van der Waals surface area contributed by atoms with E-state index in [1.807, 2.05) is 33.0 Å². The van der Waals surface area contributed by atoms with E-state index in [9.17, 15) is 0 Å². The maximum Gasteiger partial charge on any atom is 0.135 e. The molecule has 0 radical (unpaired) electrons. The van der Waals surface area contributed by atoms with Gasteiger partial charge in [-0.25, -0.2) is 9.97 Å². The largest absolute Gasteiger partial charge is 0.370 e. The number of pyridine rings is 1. The molecule has 0 saturated carbocycles. The minimum Gasteiger partial charge on any atom is -0.370 e. The van der Waals surface area contributed by atoms with Crippen LogP contribution < -0.4 is 10.6 Å². The van der Waals surface area contributed by atoms with Gasteiger partial charge < -0.3 is 10.6 Å². The van der Waals surface area contributed by atoms with Crippen LogP contribution in [0, 0.1) is 20.8 Å². The second-order valence-corrected chi connectivity index (χ2v) is 4.78. The van der Waals surface area contributed by atoms with Crippen LogP contribution >= 0.6 is 0 Å². The van der Waals surface area contributed by atoms with Gasteiger partial charge in [-0.05, 0) is 39.3 Å². The molecule has 0 saturated heterocycles. The van der Waals surface area contributed by atoms with Crippen LogP contribution in [0.2, 0.25) is 0 Å². The maximum absolute atomic E-state index is 4.47. The molecule has 2 aromatic rings. The second kappa shape index (κ2) is 6.32. The van der Waals surface area contributed by atoms with Crippen LogP contribution in [0.15, 0.2) is 18.3 Å². The van der Waals surface area contributed by atoms with Gasteiger partial charge in [-0.3, -0.25) is 4.98 Å². The average molecular weight is 271 g/mol. The number of aromatic nitrogens is 3. The summed E-state index contributed by atoms with van der Waals surface area (Å²) in [6.45, 7) is 9.51. The first-order chi connectivity index (χ1) is 9.60. The predicted octanol–water partition coefficient (Wildman–Crippen LogP) is 2.84. The third kappa shape index (κ3) is 3.44. The number of rotatable bonds is 5. The van der Waals surface area contributed by atoms with Crippen molar-refractivity contribution in [3.8, 4) is 0 Å². The number of hydrogen-bond acceptors (Lipinski definition) is 5. The van der Waals surface area contributed by atoms with Crippen molar-refractivity contribution in [3.63, 3.8) is 0 Å². The van der Waals surface area contributed by atoms with Gasteiger partial charge in [0.25, 0.3) is 0 Å². The molecule has 5 heteroatoms. The summed E-state index contributed by atoms with van der Waals surface area (Å²) in [6, 6.07) is 4.09. The SMILES string of the molecule is CCNc1nc(C)nc(NCc2ccc(C)nc2)c1C. The van der Waals surface area contributed by atoms with Crippen molar-refractivity contribution in [2.75, 3.05) is 17.2 Å². The molecule has 0 fully saturated rings. The minimum absolute atomic E-state index is 0.705. The predicted molar refractivity (Wildman–Crippen MR) is 82.0 cm³/mol. The maximum atomic E-state index is 4.47. The third-order valence-electron chi connectivity index (χ3n) is 3.03. The van der Waals surface area contributed by atoms with Crippen molar-refractivity contribution in [1.82, 2.24) is 15.0 Å². The topological polar surface area (TPSA) is 62.7 Å². The Morgan fingerprint density at radius 2 is 1.70 bits per heavy atom. The zero-order valence-corrected chi connectivity index (χ0v) is 12.5. The number of nitrogens with one attached hydrogen (secondary N) is 2. The van der Waals surface area contributed by atoms with Crippen LogP contribution in [0.1, 0.15) is 29.6 Å². The Hall–Kier alpha value is -2.17. The van der Waals surface area contributed by atoms with Gasteiger partial charge >= 0.3 is 0 Å². The zero-order valence-electron chi connectivity index (χ0n) is 12.5. The van der Waals surface area contributed by atoms with Gasteiger partial charge in [0, 0.05) is 30.5 Å². The number of aryl methyl sites for hydroxylation is 2.